The van der Waals surface area contributed by atoms with Crippen LogP contribution in [0, 0.1) is 5.92 Å². The van der Waals surface area contributed by atoms with Gasteiger partial charge >= 0.3 is 0 Å². The maximum atomic E-state index is 12.2. The number of nitrogens with one attached hydrogen (secondary N) is 2. The van der Waals surface area contributed by atoms with Crippen molar-refractivity contribution in [3.63, 3.8) is 0 Å². The van der Waals surface area contributed by atoms with Crippen molar-refractivity contribution >= 4 is 29.0 Å². The van der Waals surface area contributed by atoms with Gasteiger partial charge in [-0.1, -0.05) is 31.5 Å². The fourth-order valence-corrected chi connectivity index (χ4v) is 2.78. The first-order chi connectivity index (χ1) is 13.0. The molecule has 0 aliphatic carbocycles. The second kappa shape index (κ2) is 8.81. The number of anilines is 1. The third kappa shape index (κ3) is 5.17. The number of fused-ring (bicyclic) bond motifs is 1. The third-order valence-electron chi connectivity index (χ3n) is 4.08. The SMILES string of the molecule is CC(C)CCNc1ccc2nnc(CCNC(=O)c3cccc(Cl)c3)n2n1. The van der Waals surface area contributed by atoms with E-state index in [1.54, 1.807) is 28.8 Å². The number of aromatic nitrogens is 4. The molecule has 0 bridgehead atoms. The number of hydrogen-bond donors (Lipinski definition) is 2. The number of benzene rings is 1. The number of carbonyl (C=O) groups excluding carboxylic acids is 1. The number of rotatable bonds is 8. The summed E-state index contributed by atoms with van der Waals surface area (Å²) in [5.41, 5.74) is 1.21. The van der Waals surface area contributed by atoms with Crippen LogP contribution in [0.1, 0.15) is 36.5 Å². The molecule has 0 saturated heterocycles. The zero-order valence-electron chi connectivity index (χ0n) is 15.4. The van der Waals surface area contributed by atoms with Crippen molar-refractivity contribution in [2.24, 2.45) is 5.92 Å². The van der Waals surface area contributed by atoms with Crippen molar-refractivity contribution in [2.45, 2.75) is 26.7 Å². The Morgan fingerprint density at radius 1 is 1.19 bits per heavy atom. The fourth-order valence-electron chi connectivity index (χ4n) is 2.59. The van der Waals surface area contributed by atoms with Crippen molar-refractivity contribution in [3.8, 4) is 0 Å². The zero-order valence-corrected chi connectivity index (χ0v) is 16.2. The average Bonchev–Trinajstić information content (AvgIpc) is 3.04. The minimum atomic E-state index is -0.171. The summed E-state index contributed by atoms with van der Waals surface area (Å²) in [6, 6.07) is 10.6. The molecule has 8 heteroatoms. The van der Waals surface area contributed by atoms with Crippen LogP contribution < -0.4 is 10.6 Å². The van der Waals surface area contributed by atoms with E-state index in [9.17, 15) is 4.79 Å². The lowest BCUT2D eigenvalue weighted by Crippen LogP contribution is -2.26. The van der Waals surface area contributed by atoms with E-state index in [2.05, 4.69) is 39.8 Å². The number of nitrogens with zero attached hydrogens (tertiary/aromatic N) is 4. The Morgan fingerprint density at radius 2 is 2.04 bits per heavy atom. The second-order valence-corrected chi connectivity index (χ2v) is 7.17. The highest BCUT2D eigenvalue weighted by atomic mass is 35.5. The minimum absolute atomic E-state index is 0.171. The van der Waals surface area contributed by atoms with Gasteiger partial charge in [-0.2, -0.15) is 4.52 Å². The predicted molar refractivity (Wildman–Crippen MR) is 106 cm³/mol. The van der Waals surface area contributed by atoms with Crippen molar-refractivity contribution in [1.29, 1.82) is 0 Å². The van der Waals surface area contributed by atoms with Crippen LogP contribution in [-0.4, -0.2) is 38.8 Å². The Hall–Kier alpha value is -2.67. The molecule has 0 spiro atoms. The monoisotopic (exact) mass is 386 g/mol. The highest BCUT2D eigenvalue weighted by Crippen LogP contribution is 2.11. The van der Waals surface area contributed by atoms with Gasteiger partial charge < -0.3 is 10.6 Å². The summed E-state index contributed by atoms with van der Waals surface area (Å²) in [7, 11) is 0. The largest absolute Gasteiger partial charge is 0.369 e. The Kier molecular flexibility index (Phi) is 6.24. The molecule has 0 unspecified atom stereocenters. The normalized spacial score (nSPS) is 11.1. The van der Waals surface area contributed by atoms with Crippen molar-refractivity contribution < 1.29 is 4.79 Å². The van der Waals surface area contributed by atoms with E-state index in [4.69, 9.17) is 11.6 Å². The van der Waals surface area contributed by atoms with Crippen LogP contribution >= 0.6 is 11.6 Å². The molecule has 0 atom stereocenters. The molecule has 0 radical (unpaired) electrons. The fraction of sp³-hybridized carbons (Fsp3) is 0.368. The quantitative estimate of drug-likeness (QED) is 0.621. The first-order valence-electron chi connectivity index (χ1n) is 9.02. The molecule has 2 N–H and O–H groups in total. The molecule has 0 fully saturated rings. The van der Waals surface area contributed by atoms with Crippen LogP contribution in [0.2, 0.25) is 5.02 Å². The summed E-state index contributed by atoms with van der Waals surface area (Å²) in [5, 5.41) is 19.6. The number of halogens is 1. The molecule has 2 heterocycles. The van der Waals surface area contributed by atoms with E-state index in [0.29, 0.717) is 40.9 Å². The molecule has 2 aromatic heterocycles. The summed E-state index contributed by atoms with van der Waals surface area (Å²) in [4.78, 5) is 12.2. The number of amides is 1. The summed E-state index contributed by atoms with van der Waals surface area (Å²) >= 11 is 5.92. The maximum Gasteiger partial charge on any atom is 0.251 e. The molecule has 0 aliphatic heterocycles. The van der Waals surface area contributed by atoms with Crippen LogP contribution in [0.5, 0.6) is 0 Å². The van der Waals surface area contributed by atoms with Gasteiger partial charge in [0.1, 0.15) is 5.82 Å². The molecule has 0 saturated carbocycles. The van der Waals surface area contributed by atoms with Crippen molar-refractivity contribution in [2.75, 3.05) is 18.4 Å². The third-order valence-corrected chi connectivity index (χ3v) is 4.31. The first-order valence-corrected chi connectivity index (χ1v) is 9.39. The van der Waals surface area contributed by atoms with Crippen LogP contribution in [0.4, 0.5) is 5.82 Å². The molecule has 3 aromatic rings. The van der Waals surface area contributed by atoms with E-state index in [-0.39, 0.29) is 5.91 Å². The summed E-state index contributed by atoms with van der Waals surface area (Å²) < 4.78 is 1.71. The topological polar surface area (TPSA) is 84.2 Å². The molecule has 7 nitrogen and oxygen atoms in total. The molecule has 3 rings (SSSR count). The summed E-state index contributed by atoms with van der Waals surface area (Å²) in [5.74, 6) is 1.95. The van der Waals surface area contributed by atoms with Crippen LogP contribution in [0.25, 0.3) is 5.65 Å². The smallest absolute Gasteiger partial charge is 0.251 e. The highest BCUT2D eigenvalue weighted by Gasteiger charge is 2.10. The predicted octanol–water partition coefficient (Wildman–Crippen LogP) is 3.21. The van der Waals surface area contributed by atoms with Crippen molar-refractivity contribution in [1.82, 2.24) is 25.1 Å². The summed E-state index contributed by atoms with van der Waals surface area (Å²) in [6.07, 6.45) is 1.60. The maximum absolute atomic E-state index is 12.2. The number of carbonyl (C=O) groups is 1. The van der Waals surface area contributed by atoms with Gasteiger partial charge in [-0.3, -0.25) is 4.79 Å². The lowest BCUT2D eigenvalue weighted by molar-refractivity contribution is 0.0954. The van der Waals surface area contributed by atoms with Gasteiger partial charge in [-0.15, -0.1) is 15.3 Å². The number of hydrogen-bond acceptors (Lipinski definition) is 5. The molecule has 1 amide bonds. The zero-order chi connectivity index (χ0) is 19.2. The minimum Gasteiger partial charge on any atom is -0.369 e. The van der Waals surface area contributed by atoms with Gasteiger partial charge in [0.15, 0.2) is 11.5 Å². The Balaban J connectivity index is 1.60. The van der Waals surface area contributed by atoms with Crippen molar-refractivity contribution in [3.05, 3.63) is 52.8 Å². The standard InChI is InChI=1S/C19H23ClN6O/c1-13(2)8-10-21-16-6-7-17-23-24-18(26(17)25-16)9-11-22-19(27)14-4-3-5-15(20)12-14/h3-7,12-13H,8-11H2,1-2H3,(H,21,25)(H,22,27). The molecular formula is C19H23ClN6O. The van der Waals surface area contributed by atoms with Gasteiger partial charge in [0.05, 0.1) is 0 Å². The Morgan fingerprint density at radius 3 is 2.81 bits per heavy atom. The van der Waals surface area contributed by atoms with E-state index in [1.165, 1.54) is 0 Å². The lowest BCUT2D eigenvalue weighted by Gasteiger charge is -2.08. The van der Waals surface area contributed by atoms with Gasteiger partial charge in [-0.25, -0.2) is 0 Å². The Bertz CT molecular complexity index is 923. The van der Waals surface area contributed by atoms with Gasteiger partial charge in [0.2, 0.25) is 0 Å². The van der Waals surface area contributed by atoms with E-state index >= 15 is 0 Å². The van der Waals surface area contributed by atoms with E-state index in [1.807, 2.05) is 12.1 Å². The lowest BCUT2D eigenvalue weighted by atomic mass is 10.1. The molecule has 1 aromatic carbocycles. The molecule has 142 valence electrons. The highest BCUT2D eigenvalue weighted by molar-refractivity contribution is 6.30. The summed E-state index contributed by atoms with van der Waals surface area (Å²) in [6.45, 7) is 5.67. The average molecular weight is 387 g/mol. The molecule has 27 heavy (non-hydrogen) atoms. The van der Waals surface area contributed by atoms with E-state index < -0.39 is 0 Å². The van der Waals surface area contributed by atoms with Crippen LogP contribution in [0.3, 0.4) is 0 Å². The van der Waals surface area contributed by atoms with E-state index in [0.717, 1.165) is 18.8 Å². The molecule has 0 aliphatic rings. The first kappa shape index (κ1) is 19.1. The molecular weight excluding hydrogens is 364 g/mol. The van der Waals surface area contributed by atoms with Gasteiger partial charge in [0, 0.05) is 30.1 Å². The second-order valence-electron chi connectivity index (χ2n) is 6.73. The van der Waals surface area contributed by atoms with Crippen LogP contribution in [-0.2, 0) is 6.42 Å². The van der Waals surface area contributed by atoms with Gasteiger partial charge in [0.25, 0.3) is 5.91 Å². The Labute approximate surface area is 163 Å². The van der Waals surface area contributed by atoms with Gasteiger partial charge in [-0.05, 0) is 42.7 Å². The van der Waals surface area contributed by atoms with Crippen LogP contribution in [0.15, 0.2) is 36.4 Å².